The highest BCUT2D eigenvalue weighted by Gasteiger charge is 2.34. The molecule has 1 nitrogen and oxygen atoms in total. The van der Waals surface area contributed by atoms with Gasteiger partial charge >= 0.3 is 6.18 Å². The van der Waals surface area contributed by atoms with Gasteiger partial charge in [-0.3, -0.25) is 0 Å². The highest BCUT2D eigenvalue weighted by molar-refractivity contribution is 9.10. The first-order valence-electron chi connectivity index (χ1n) is 5.59. The molecule has 0 aliphatic heterocycles. The first-order chi connectivity index (χ1) is 9.29. The van der Waals surface area contributed by atoms with Crippen LogP contribution in [0.2, 0.25) is 0 Å². The van der Waals surface area contributed by atoms with Crippen molar-refractivity contribution < 1.29 is 22.7 Å². The third-order valence-corrected chi connectivity index (χ3v) is 3.27. The zero-order chi connectivity index (χ0) is 14.9. The molecule has 0 amide bonds. The van der Waals surface area contributed by atoms with Gasteiger partial charge < -0.3 is 5.11 Å². The molecule has 0 spiro atoms. The van der Waals surface area contributed by atoms with Gasteiger partial charge in [0, 0.05) is 4.47 Å². The topological polar surface area (TPSA) is 20.2 Å². The van der Waals surface area contributed by atoms with Crippen LogP contribution in [0.5, 0.6) is 0 Å². The summed E-state index contributed by atoms with van der Waals surface area (Å²) in [6, 6.07) is 9.02. The maximum absolute atomic E-state index is 13.5. The van der Waals surface area contributed by atoms with E-state index in [2.05, 4.69) is 15.9 Å². The molecule has 0 aliphatic carbocycles. The average molecular weight is 349 g/mol. The number of hydrogen-bond donors (Lipinski definition) is 1. The third-order valence-electron chi connectivity index (χ3n) is 2.78. The SMILES string of the molecule is OC(c1cccc(Br)c1)c1ccc(C(F)(F)F)c(F)c1. The summed E-state index contributed by atoms with van der Waals surface area (Å²) in [6.45, 7) is 0. The van der Waals surface area contributed by atoms with Gasteiger partial charge in [0.2, 0.25) is 0 Å². The Balaban J connectivity index is 2.37. The van der Waals surface area contributed by atoms with E-state index in [1.807, 2.05) is 0 Å². The Labute approximate surface area is 121 Å². The zero-order valence-electron chi connectivity index (χ0n) is 9.96. The van der Waals surface area contributed by atoms with Crippen molar-refractivity contribution in [1.29, 1.82) is 0 Å². The number of hydrogen-bond acceptors (Lipinski definition) is 1. The van der Waals surface area contributed by atoms with E-state index < -0.39 is 23.7 Å². The number of aliphatic hydroxyl groups excluding tert-OH is 1. The first kappa shape index (κ1) is 15.0. The lowest BCUT2D eigenvalue weighted by atomic mass is 10.00. The van der Waals surface area contributed by atoms with Gasteiger partial charge in [-0.2, -0.15) is 13.2 Å². The predicted molar refractivity (Wildman–Crippen MR) is 69.6 cm³/mol. The smallest absolute Gasteiger partial charge is 0.384 e. The molecule has 0 aromatic heterocycles. The fourth-order valence-corrected chi connectivity index (χ4v) is 2.22. The second-order valence-corrected chi connectivity index (χ2v) is 5.11. The van der Waals surface area contributed by atoms with Crippen molar-refractivity contribution in [2.45, 2.75) is 12.3 Å². The molecule has 6 heteroatoms. The Bertz CT molecular complexity index is 625. The highest BCUT2D eigenvalue weighted by Crippen LogP contribution is 2.33. The van der Waals surface area contributed by atoms with Crippen molar-refractivity contribution in [3.8, 4) is 0 Å². The van der Waals surface area contributed by atoms with Gasteiger partial charge in [0.05, 0.1) is 5.56 Å². The minimum Gasteiger partial charge on any atom is -0.384 e. The van der Waals surface area contributed by atoms with Crippen LogP contribution >= 0.6 is 15.9 Å². The zero-order valence-corrected chi connectivity index (χ0v) is 11.5. The van der Waals surface area contributed by atoms with E-state index >= 15 is 0 Å². The molecule has 1 atom stereocenters. The second kappa shape index (κ2) is 5.54. The van der Waals surface area contributed by atoms with Crippen LogP contribution in [0.15, 0.2) is 46.9 Å². The van der Waals surface area contributed by atoms with Crippen LogP contribution in [-0.4, -0.2) is 5.11 Å². The molecule has 2 aromatic rings. The Kier molecular flexibility index (Phi) is 4.15. The lowest BCUT2D eigenvalue weighted by Gasteiger charge is -2.14. The molecule has 0 heterocycles. The standard InChI is InChI=1S/C14H9BrF4O/c15-10-3-1-2-8(6-10)13(20)9-4-5-11(12(16)7-9)14(17,18)19/h1-7,13,20H. The fraction of sp³-hybridized carbons (Fsp3) is 0.143. The summed E-state index contributed by atoms with van der Waals surface area (Å²) < 4.78 is 51.5. The van der Waals surface area contributed by atoms with Crippen molar-refractivity contribution in [3.05, 3.63) is 69.4 Å². The number of aliphatic hydroxyl groups is 1. The van der Waals surface area contributed by atoms with Gasteiger partial charge in [0.1, 0.15) is 11.9 Å². The summed E-state index contributed by atoms with van der Waals surface area (Å²) in [7, 11) is 0. The molecule has 0 saturated heterocycles. The van der Waals surface area contributed by atoms with Crippen LogP contribution in [0, 0.1) is 5.82 Å². The van der Waals surface area contributed by atoms with Crippen LogP contribution < -0.4 is 0 Å². The molecule has 0 fully saturated rings. The molecular weight excluding hydrogens is 340 g/mol. The minimum absolute atomic E-state index is 0.0635. The maximum atomic E-state index is 13.5. The largest absolute Gasteiger partial charge is 0.419 e. The normalized spacial score (nSPS) is 13.3. The van der Waals surface area contributed by atoms with Gasteiger partial charge in [-0.25, -0.2) is 4.39 Å². The summed E-state index contributed by atoms with van der Waals surface area (Å²) in [6.07, 6.45) is -5.94. The van der Waals surface area contributed by atoms with Gasteiger partial charge in [0.15, 0.2) is 0 Å². The molecule has 2 aromatic carbocycles. The van der Waals surface area contributed by atoms with Crippen molar-refractivity contribution in [1.82, 2.24) is 0 Å². The van der Waals surface area contributed by atoms with Crippen molar-refractivity contribution in [2.75, 3.05) is 0 Å². The predicted octanol–water partition coefficient (Wildman–Crippen LogP) is 4.69. The maximum Gasteiger partial charge on any atom is 0.419 e. The molecule has 106 valence electrons. The van der Waals surface area contributed by atoms with Crippen LogP contribution in [-0.2, 0) is 6.18 Å². The van der Waals surface area contributed by atoms with E-state index in [4.69, 9.17) is 0 Å². The van der Waals surface area contributed by atoms with E-state index in [1.165, 1.54) is 0 Å². The summed E-state index contributed by atoms with van der Waals surface area (Å²) in [5, 5.41) is 10.1. The van der Waals surface area contributed by atoms with Crippen molar-refractivity contribution in [2.24, 2.45) is 0 Å². The molecule has 1 unspecified atom stereocenters. The molecule has 20 heavy (non-hydrogen) atoms. The average Bonchev–Trinajstić information content (AvgIpc) is 2.36. The third kappa shape index (κ3) is 3.19. The Morgan fingerprint density at radius 2 is 1.65 bits per heavy atom. The number of rotatable bonds is 2. The van der Waals surface area contributed by atoms with Gasteiger partial charge in [-0.05, 0) is 35.4 Å². The van der Waals surface area contributed by atoms with Crippen molar-refractivity contribution >= 4 is 15.9 Å². The molecule has 0 saturated carbocycles. The van der Waals surface area contributed by atoms with E-state index in [1.54, 1.807) is 24.3 Å². The number of alkyl halides is 3. The van der Waals surface area contributed by atoms with Crippen LogP contribution in [0.3, 0.4) is 0 Å². The molecule has 0 bridgehead atoms. The quantitative estimate of drug-likeness (QED) is 0.780. The lowest BCUT2D eigenvalue weighted by molar-refractivity contribution is -0.140. The van der Waals surface area contributed by atoms with Gasteiger partial charge in [-0.1, -0.05) is 34.1 Å². The van der Waals surface area contributed by atoms with Crippen molar-refractivity contribution in [3.63, 3.8) is 0 Å². The van der Waals surface area contributed by atoms with E-state index in [-0.39, 0.29) is 5.56 Å². The molecular formula is C14H9BrF4O. The summed E-state index contributed by atoms with van der Waals surface area (Å²) in [5.41, 5.74) is -0.824. The second-order valence-electron chi connectivity index (χ2n) is 4.19. The molecule has 1 N–H and O–H groups in total. The Morgan fingerprint density at radius 1 is 1.00 bits per heavy atom. The minimum atomic E-state index is -4.75. The van der Waals surface area contributed by atoms with E-state index in [0.717, 1.165) is 6.07 Å². The Morgan fingerprint density at radius 3 is 2.20 bits per heavy atom. The Hall–Kier alpha value is -1.40. The monoisotopic (exact) mass is 348 g/mol. The molecule has 2 rings (SSSR count). The van der Waals surface area contributed by atoms with Gasteiger partial charge in [0.25, 0.3) is 0 Å². The van der Waals surface area contributed by atoms with Crippen LogP contribution in [0.25, 0.3) is 0 Å². The van der Waals surface area contributed by atoms with Crippen LogP contribution in [0.4, 0.5) is 17.6 Å². The summed E-state index contributed by atoms with van der Waals surface area (Å²) >= 11 is 3.22. The first-order valence-corrected chi connectivity index (χ1v) is 6.38. The van der Waals surface area contributed by atoms with Gasteiger partial charge in [-0.15, -0.1) is 0 Å². The number of halogens is 5. The van der Waals surface area contributed by atoms with E-state index in [9.17, 15) is 22.7 Å². The highest BCUT2D eigenvalue weighted by atomic mass is 79.9. The number of benzene rings is 2. The van der Waals surface area contributed by atoms with Crippen LogP contribution in [0.1, 0.15) is 22.8 Å². The van der Waals surface area contributed by atoms with E-state index in [0.29, 0.717) is 22.2 Å². The summed E-state index contributed by atoms with van der Waals surface area (Å²) in [4.78, 5) is 0. The molecule has 0 radical (unpaired) electrons. The lowest BCUT2D eigenvalue weighted by Crippen LogP contribution is -2.09. The fourth-order valence-electron chi connectivity index (χ4n) is 1.80. The summed E-state index contributed by atoms with van der Waals surface area (Å²) in [5.74, 6) is -1.40. The molecule has 0 aliphatic rings.